The van der Waals surface area contributed by atoms with Gasteiger partial charge in [0.2, 0.25) is 5.76 Å². The van der Waals surface area contributed by atoms with Crippen LogP contribution in [0.2, 0.25) is 0 Å². The van der Waals surface area contributed by atoms with Crippen molar-refractivity contribution in [2.45, 2.75) is 33.4 Å². The lowest BCUT2D eigenvalue weighted by Gasteiger charge is -2.45. The Morgan fingerprint density at radius 1 is 1.38 bits per heavy atom. The summed E-state index contributed by atoms with van der Waals surface area (Å²) in [5.74, 6) is 0.876. The fraction of sp³-hybridized carbons (Fsp3) is 0.500. The van der Waals surface area contributed by atoms with Crippen LogP contribution in [0.4, 0.5) is 0 Å². The van der Waals surface area contributed by atoms with Gasteiger partial charge in [-0.3, -0.25) is 14.7 Å². The number of hydrogen-bond donors (Lipinski definition) is 0. The average molecular weight is 328 g/mol. The molecule has 0 spiro atoms. The highest BCUT2D eigenvalue weighted by Crippen LogP contribution is 2.22. The van der Waals surface area contributed by atoms with E-state index in [1.54, 1.807) is 6.92 Å². The van der Waals surface area contributed by atoms with Crippen LogP contribution < -0.4 is 0 Å². The minimum Gasteiger partial charge on any atom is -0.438 e. The van der Waals surface area contributed by atoms with E-state index in [2.05, 4.69) is 28.7 Å². The number of likely N-dealkylation sites (tertiary alicyclic amines) is 1. The summed E-state index contributed by atoms with van der Waals surface area (Å²) in [6.45, 7) is 9.60. The monoisotopic (exact) mass is 328 g/mol. The summed E-state index contributed by atoms with van der Waals surface area (Å²) < 4.78 is 5.22. The number of amides is 1. The van der Waals surface area contributed by atoms with Crippen LogP contribution >= 0.6 is 0 Å². The van der Waals surface area contributed by atoms with Gasteiger partial charge in [0.05, 0.1) is 5.69 Å². The van der Waals surface area contributed by atoms with Crippen LogP contribution in [0.1, 0.15) is 35.7 Å². The molecule has 3 heterocycles. The van der Waals surface area contributed by atoms with Crippen molar-refractivity contribution in [2.24, 2.45) is 5.92 Å². The Morgan fingerprint density at radius 3 is 2.67 bits per heavy atom. The van der Waals surface area contributed by atoms with E-state index in [0.29, 0.717) is 23.4 Å². The molecule has 2 aromatic heterocycles. The maximum absolute atomic E-state index is 12.4. The van der Waals surface area contributed by atoms with Gasteiger partial charge >= 0.3 is 0 Å². The molecular formula is C18H24N4O2. The largest absolute Gasteiger partial charge is 0.438 e. The zero-order chi connectivity index (χ0) is 17.1. The van der Waals surface area contributed by atoms with Crippen LogP contribution in [0.15, 0.2) is 35.3 Å². The summed E-state index contributed by atoms with van der Waals surface area (Å²) in [5.41, 5.74) is 1.90. The molecule has 0 aromatic carbocycles. The molecule has 0 N–H and O–H groups in total. The Bertz CT molecular complexity index is 677. The molecule has 0 unspecified atom stereocenters. The predicted molar refractivity (Wildman–Crippen MR) is 90.4 cm³/mol. The van der Waals surface area contributed by atoms with Gasteiger partial charge in [-0.25, -0.2) is 4.98 Å². The molecule has 0 saturated carbocycles. The van der Waals surface area contributed by atoms with E-state index >= 15 is 0 Å². The molecule has 6 nitrogen and oxygen atoms in total. The third kappa shape index (κ3) is 3.64. The van der Waals surface area contributed by atoms with Crippen molar-refractivity contribution in [2.75, 3.05) is 19.6 Å². The van der Waals surface area contributed by atoms with Crippen molar-refractivity contribution in [1.29, 1.82) is 0 Å². The molecule has 0 aliphatic carbocycles. The molecule has 1 saturated heterocycles. The molecular weight excluding hydrogens is 304 g/mol. The van der Waals surface area contributed by atoms with Crippen molar-refractivity contribution in [3.63, 3.8) is 0 Å². The number of aromatic nitrogens is 2. The maximum Gasteiger partial charge on any atom is 0.291 e. The fourth-order valence-corrected chi connectivity index (χ4v) is 3.04. The minimum absolute atomic E-state index is 0.0605. The van der Waals surface area contributed by atoms with Crippen molar-refractivity contribution < 1.29 is 9.21 Å². The standard InChI is InChI=1S/C18H24N4O2/c1-13(2)8-21(9-15-4-6-19-7-5-15)16-10-22(11-16)18(23)17-14(3)20-12-24-17/h4-7,12-13,16H,8-11H2,1-3H3. The zero-order valence-corrected chi connectivity index (χ0v) is 14.5. The van der Waals surface area contributed by atoms with Crippen LogP contribution in [0.25, 0.3) is 0 Å². The number of carbonyl (C=O) groups excluding carboxylic acids is 1. The van der Waals surface area contributed by atoms with E-state index in [0.717, 1.165) is 26.2 Å². The molecule has 1 fully saturated rings. The molecule has 3 rings (SSSR count). The van der Waals surface area contributed by atoms with Crippen LogP contribution in [0.3, 0.4) is 0 Å². The third-order valence-electron chi connectivity index (χ3n) is 4.34. The molecule has 0 atom stereocenters. The smallest absolute Gasteiger partial charge is 0.291 e. The van der Waals surface area contributed by atoms with E-state index in [4.69, 9.17) is 4.42 Å². The second-order valence-corrected chi connectivity index (χ2v) is 6.81. The Balaban J connectivity index is 1.62. The van der Waals surface area contributed by atoms with Gasteiger partial charge in [-0.1, -0.05) is 13.8 Å². The summed E-state index contributed by atoms with van der Waals surface area (Å²) in [4.78, 5) is 24.8. The van der Waals surface area contributed by atoms with Gasteiger partial charge in [0.25, 0.3) is 5.91 Å². The second kappa shape index (κ2) is 7.13. The first-order chi connectivity index (χ1) is 11.5. The van der Waals surface area contributed by atoms with Gasteiger partial charge in [-0.05, 0) is 30.5 Å². The van der Waals surface area contributed by atoms with Crippen LogP contribution in [-0.4, -0.2) is 51.4 Å². The topological polar surface area (TPSA) is 62.5 Å². The number of aryl methyl sites for hydroxylation is 1. The minimum atomic E-state index is -0.0605. The highest BCUT2D eigenvalue weighted by atomic mass is 16.3. The lowest BCUT2D eigenvalue weighted by atomic mass is 10.0. The normalized spacial score (nSPS) is 15.1. The van der Waals surface area contributed by atoms with Crippen molar-refractivity contribution in [3.8, 4) is 0 Å². The maximum atomic E-state index is 12.4. The van der Waals surface area contributed by atoms with Crippen LogP contribution in [-0.2, 0) is 6.54 Å². The average Bonchev–Trinajstić information content (AvgIpc) is 2.92. The quantitative estimate of drug-likeness (QED) is 0.814. The highest BCUT2D eigenvalue weighted by molar-refractivity contribution is 5.93. The lowest BCUT2D eigenvalue weighted by molar-refractivity contribution is 0.0175. The number of rotatable bonds is 6. The van der Waals surface area contributed by atoms with Crippen LogP contribution in [0.5, 0.6) is 0 Å². The summed E-state index contributed by atoms with van der Waals surface area (Å²) >= 11 is 0. The van der Waals surface area contributed by atoms with E-state index in [1.807, 2.05) is 29.4 Å². The molecule has 128 valence electrons. The van der Waals surface area contributed by atoms with Crippen LogP contribution in [0, 0.1) is 12.8 Å². The van der Waals surface area contributed by atoms with E-state index in [9.17, 15) is 4.79 Å². The molecule has 0 bridgehead atoms. The highest BCUT2D eigenvalue weighted by Gasteiger charge is 2.37. The Kier molecular flexibility index (Phi) is 4.94. The summed E-state index contributed by atoms with van der Waals surface area (Å²) in [6.07, 6.45) is 4.98. The number of oxazole rings is 1. The van der Waals surface area contributed by atoms with Gasteiger partial charge in [0.15, 0.2) is 6.39 Å². The summed E-state index contributed by atoms with van der Waals surface area (Å²) in [7, 11) is 0. The van der Waals surface area contributed by atoms with Gasteiger partial charge < -0.3 is 9.32 Å². The Hall–Kier alpha value is -2.21. The molecule has 1 amide bonds. The number of nitrogens with zero attached hydrogens (tertiary/aromatic N) is 4. The number of pyridine rings is 1. The first-order valence-electron chi connectivity index (χ1n) is 8.37. The SMILES string of the molecule is Cc1ncoc1C(=O)N1CC(N(Cc2ccncc2)CC(C)C)C1. The predicted octanol–water partition coefficient (Wildman–Crippen LogP) is 2.36. The number of carbonyl (C=O) groups is 1. The summed E-state index contributed by atoms with van der Waals surface area (Å²) in [5, 5.41) is 0. The molecule has 6 heteroatoms. The number of hydrogen-bond acceptors (Lipinski definition) is 5. The first-order valence-corrected chi connectivity index (χ1v) is 8.37. The molecule has 1 aliphatic heterocycles. The molecule has 24 heavy (non-hydrogen) atoms. The van der Waals surface area contributed by atoms with Gasteiger partial charge in [0, 0.05) is 44.6 Å². The van der Waals surface area contributed by atoms with Crippen molar-refractivity contribution >= 4 is 5.91 Å². The molecule has 1 aliphatic rings. The fourth-order valence-electron chi connectivity index (χ4n) is 3.04. The lowest BCUT2D eigenvalue weighted by Crippen LogP contribution is -2.61. The summed E-state index contributed by atoms with van der Waals surface area (Å²) in [6, 6.07) is 4.48. The third-order valence-corrected chi connectivity index (χ3v) is 4.34. The zero-order valence-electron chi connectivity index (χ0n) is 14.5. The van der Waals surface area contributed by atoms with E-state index < -0.39 is 0 Å². The van der Waals surface area contributed by atoms with Crippen molar-refractivity contribution in [3.05, 3.63) is 47.9 Å². The second-order valence-electron chi connectivity index (χ2n) is 6.81. The Morgan fingerprint density at radius 2 is 2.08 bits per heavy atom. The van der Waals surface area contributed by atoms with Gasteiger partial charge in [-0.2, -0.15) is 0 Å². The Labute approximate surface area is 142 Å². The molecule has 0 radical (unpaired) electrons. The van der Waals surface area contributed by atoms with Crippen molar-refractivity contribution in [1.82, 2.24) is 19.8 Å². The van der Waals surface area contributed by atoms with Gasteiger partial charge in [0.1, 0.15) is 0 Å². The molecule has 2 aromatic rings. The van der Waals surface area contributed by atoms with E-state index in [1.165, 1.54) is 12.0 Å². The van der Waals surface area contributed by atoms with E-state index in [-0.39, 0.29) is 5.91 Å². The first kappa shape index (κ1) is 16.6. The van der Waals surface area contributed by atoms with Gasteiger partial charge in [-0.15, -0.1) is 0 Å².